The number of allylic oxidation sites excluding steroid dienone is 2. The summed E-state index contributed by atoms with van der Waals surface area (Å²) in [6.07, 6.45) is 6.34. The molecule has 0 spiro atoms. The molecular formula is C20H25N2O4+. The Labute approximate surface area is 153 Å². The lowest BCUT2D eigenvalue weighted by molar-refractivity contribution is -0.923. The number of carbonyl (C=O) groups is 2. The first-order valence-electron chi connectivity index (χ1n) is 9.20. The fourth-order valence-electron chi connectivity index (χ4n) is 4.41. The fraction of sp³-hybridized carbons (Fsp3) is 0.500. The van der Waals surface area contributed by atoms with Crippen molar-refractivity contribution in [3.05, 3.63) is 35.4 Å². The number of amides is 2. The van der Waals surface area contributed by atoms with Crippen molar-refractivity contribution < 1.29 is 24.0 Å². The van der Waals surface area contributed by atoms with Gasteiger partial charge in [-0.2, -0.15) is 0 Å². The van der Waals surface area contributed by atoms with E-state index < -0.39 is 0 Å². The molecule has 1 aliphatic carbocycles. The van der Waals surface area contributed by atoms with E-state index in [4.69, 9.17) is 9.47 Å². The highest BCUT2D eigenvalue weighted by molar-refractivity contribution is 6.05. The van der Waals surface area contributed by atoms with Crippen LogP contribution < -0.4 is 14.4 Å². The zero-order chi connectivity index (χ0) is 18.3. The van der Waals surface area contributed by atoms with Gasteiger partial charge in [-0.1, -0.05) is 12.2 Å². The van der Waals surface area contributed by atoms with E-state index in [9.17, 15) is 9.59 Å². The number of nitrogens with one attached hydrogen (secondary N) is 1. The third kappa shape index (κ3) is 2.78. The van der Waals surface area contributed by atoms with Crippen LogP contribution in [0.3, 0.4) is 0 Å². The topological polar surface area (TPSA) is 60.3 Å². The molecule has 2 aliphatic heterocycles. The summed E-state index contributed by atoms with van der Waals surface area (Å²) in [6, 6.07) is 4.06. The molecule has 1 aromatic carbocycles. The maximum absolute atomic E-state index is 12.7. The third-order valence-corrected chi connectivity index (χ3v) is 5.87. The number of benzene rings is 1. The first-order chi connectivity index (χ1) is 12.6. The summed E-state index contributed by atoms with van der Waals surface area (Å²) in [5.74, 6) is 1.20. The molecule has 1 saturated heterocycles. The molecule has 2 heterocycles. The van der Waals surface area contributed by atoms with Gasteiger partial charge < -0.3 is 14.4 Å². The lowest BCUT2D eigenvalue weighted by Crippen LogP contribution is -3.13. The molecule has 0 bridgehead atoms. The third-order valence-electron chi connectivity index (χ3n) is 5.87. The average Bonchev–Trinajstić information content (AvgIpc) is 2.92. The van der Waals surface area contributed by atoms with Crippen molar-refractivity contribution in [3.63, 3.8) is 0 Å². The van der Waals surface area contributed by atoms with Crippen LogP contribution in [-0.4, -0.2) is 44.1 Å². The Bertz CT molecular complexity index is 747. The van der Waals surface area contributed by atoms with Crippen molar-refractivity contribution in [1.29, 1.82) is 0 Å². The number of likely N-dealkylation sites (tertiary alicyclic amines) is 1. The number of fused-ring (bicyclic) bond motifs is 2. The van der Waals surface area contributed by atoms with E-state index in [-0.39, 0.29) is 23.7 Å². The van der Waals surface area contributed by atoms with E-state index in [1.54, 1.807) is 14.2 Å². The van der Waals surface area contributed by atoms with E-state index in [0.29, 0.717) is 19.5 Å². The van der Waals surface area contributed by atoms with Gasteiger partial charge in [0, 0.05) is 12.0 Å². The number of methoxy groups -OCH3 is 2. The zero-order valence-electron chi connectivity index (χ0n) is 15.3. The minimum Gasteiger partial charge on any atom is -0.493 e. The number of imide groups is 1. The molecule has 26 heavy (non-hydrogen) atoms. The maximum atomic E-state index is 12.7. The smallest absolute Gasteiger partial charge is 0.237 e. The van der Waals surface area contributed by atoms with Gasteiger partial charge in [0.2, 0.25) is 11.8 Å². The molecule has 0 saturated carbocycles. The predicted octanol–water partition coefficient (Wildman–Crippen LogP) is 0.554. The van der Waals surface area contributed by atoms with Gasteiger partial charge in [-0.3, -0.25) is 9.59 Å². The number of nitrogens with zero attached hydrogens (tertiary/aromatic N) is 1. The Kier molecular flexibility index (Phi) is 4.44. The summed E-state index contributed by atoms with van der Waals surface area (Å²) < 4.78 is 10.8. The van der Waals surface area contributed by atoms with Crippen LogP contribution in [0.2, 0.25) is 0 Å². The monoisotopic (exact) mass is 357 g/mol. The molecule has 1 N–H and O–H groups in total. The summed E-state index contributed by atoms with van der Waals surface area (Å²) in [5.41, 5.74) is 2.45. The Balaban J connectivity index is 1.49. The molecule has 0 aromatic heterocycles. The normalized spacial score (nSPS) is 27.3. The van der Waals surface area contributed by atoms with Crippen LogP contribution in [0.4, 0.5) is 0 Å². The number of carbonyl (C=O) groups excluding carboxylic acids is 2. The van der Waals surface area contributed by atoms with E-state index in [0.717, 1.165) is 31.0 Å². The van der Waals surface area contributed by atoms with Crippen LogP contribution in [0, 0.1) is 11.8 Å². The molecule has 4 rings (SSSR count). The van der Waals surface area contributed by atoms with Crippen LogP contribution in [0.5, 0.6) is 11.5 Å². The summed E-state index contributed by atoms with van der Waals surface area (Å²) in [7, 11) is 3.28. The van der Waals surface area contributed by atoms with Gasteiger partial charge in [-0.05, 0) is 30.5 Å². The van der Waals surface area contributed by atoms with Gasteiger partial charge in [0.25, 0.3) is 0 Å². The minimum atomic E-state index is -0.145. The average molecular weight is 357 g/mol. The quantitative estimate of drug-likeness (QED) is 0.632. The predicted molar refractivity (Wildman–Crippen MR) is 94.9 cm³/mol. The van der Waals surface area contributed by atoms with Gasteiger partial charge in [0.15, 0.2) is 18.2 Å². The summed E-state index contributed by atoms with van der Waals surface area (Å²) in [5, 5.41) is 0. The van der Waals surface area contributed by atoms with Gasteiger partial charge >= 0.3 is 0 Å². The Hall–Kier alpha value is -2.34. The van der Waals surface area contributed by atoms with Crippen molar-refractivity contribution in [2.45, 2.75) is 25.8 Å². The van der Waals surface area contributed by atoms with Crippen LogP contribution in [0.15, 0.2) is 24.3 Å². The van der Waals surface area contributed by atoms with E-state index in [1.165, 1.54) is 20.9 Å². The SMILES string of the molecule is COc1cc2c(cc1OC)C[NH+](CN1C(=O)[C@H]3CC=CC[C@H]3C1=O)CC2. The Morgan fingerprint density at radius 1 is 1.00 bits per heavy atom. The van der Waals surface area contributed by atoms with Gasteiger partial charge in [-0.25, -0.2) is 4.90 Å². The van der Waals surface area contributed by atoms with Gasteiger partial charge in [-0.15, -0.1) is 0 Å². The lowest BCUT2D eigenvalue weighted by Gasteiger charge is -2.29. The number of ether oxygens (including phenoxy) is 2. The molecule has 3 atom stereocenters. The molecule has 1 aromatic rings. The second-order valence-electron chi connectivity index (χ2n) is 7.32. The Morgan fingerprint density at radius 3 is 2.15 bits per heavy atom. The number of quaternary nitrogens is 1. The highest BCUT2D eigenvalue weighted by Crippen LogP contribution is 2.35. The van der Waals surface area contributed by atoms with E-state index in [2.05, 4.69) is 0 Å². The largest absolute Gasteiger partial charge is 0.493 e. The van der Waals surface area contributed by atoms with Crippen molar-refractivity contribution in [1.82, 2.24) is 4.90 Å². The molecule has 1 fully saturated rings. The number of hydrogen-bond donors (Lipinski definition) is 1. The molecular weight excluding hydrogens is 332 g/mol. The molecule has 0 radical (unpaired) electrons. The van der Waals surface area contributed by atoms with Gasteiger partial charge in [0.1, 0.15) is 6.54 Å². The van der Waals surface area contributed by atoms with Crippen molar-refractivity contribution in [2.75, 3.05) is 27.4 Å². The molecule has 138 valence electrons. The van der Waals surface area contributed by atoms with Crippen molar-refractivity contribution in [2.24, 2.45) is 11.8 Å². The molecule has 6 nitrogen and oxygen atoms in total. The second-order valence-corrected chi connectivity index (χ2v) is 7.32. The molecule has 3 aliphatic rings. The summed E-state index contributed by atoms with van der Waals surface area (Å²) in [4.78, 5) is 28.1. The van der Waals surface area contributed by atoms with Crippen LogP contribution in [0.1, 0.15) is 24.0 Å². The number of hydrogen-bond acceptors (Lipinski definition) is 4. The second kappa shape index (κ2) is 6.76. The van der Waals surface area contributed by atoms with Crippen LogP contribution in [-0.2, 0) is 22.6 Å². The molecule has 1 unspecified atom stereocenters. The highest BCUT2D eigenvalue weighted by atomic mass is 16.5. The zero-order valence-corrected chi connectivity index (χ0v) is 15.3. The fourth-order valence-corrected chi connectivity index (χ4v) is 4.41. The Morgan fingerprint density at radius 2 is 1.58 bits per heavy atom. The number of rotatable bonds is 4. The maximum Gasteiger partial charge on any atom is 0.237 e. The van der Waals surface area contributed by atoms with Crippen LogP contribution in [0.25, 0.3) is 0 Å². The van der Waals surface area contributed by atoms with E-state index >= 15 is 0 Å². The minimum absolute atomic E-state index is 0.00922. The standard InChI is InChI=1S/C20H24N2O4/c1-25-17-9-13-7-8-21(11-14(13)10-18(17)26-2)12-22-19(23)15-5-3-4-6-16(15)20(22)24/h3-4,9-10,15-16H,5-8,11-12H2,1-2H3/p+1/t15-,16+. The molecule has 2 amide bonds. The first-order valence-corrected chi connectivity index (χ1v) is 9.20. The van der Waals surface area contributed by atoms with E-state index in [1.807, 2.05) is 24.3 Å². The van der Waals surface area contributed by atoms with Crippen molar-refractivity contribution in [3.8, 4) is 11.5 Å². The lowest BCUT2D eigenvalue weighted by atomic mass is 9.85. The first kappa shape index (κ1) is 17.1. The van der Waals surface area contributed by atoms with Crippen molar-refractivity contribution >= 4 is 11.8 Å². The molecule has 6 heteroatoms. The summed E-state index contributed by atoms with van der Waals surface area (Å²) in [6.45, 7) is 2.13. The van der Waals surface area contributed by atoms with Crippen LogP contribution >= 0.6 is 0 Å². The summed E-state index contributed by atoms with van der Waals surface area (Å²) >= 11 is 0. The van der Waals surface area contributed by atoms with Gasteiger partial charge in [0.05, 0.1) is 32.6 Å². The highest BCUT2D eigenvalue weighted by Gasteiger charge is 2.48.